The molecule has 0 saturated carbocycles. The highest BCUT2D eigenvalue weighted by Crippen LogP contribution is 2.22. The van der Waals surface area contributed by atoms with Gasteiger partial charge in [0.15, 0.2) is 0 Å². The molecule has 1 N–H and O–H groups in total. The van der Waals surface area contributed by atoms with Gasteiger partial charge in [-0.1, -0.05) is 6.07 Å². The normalized spacial score (nSPS) is 17.1. The van der Waals surface area contributed by atoms with Crippen LogP contribution < -0.4 is 5.32 Å². The molecule has 2 aromatic rings. The third kappa shape index (κ3) is 4.65. The zero-order valence-corrected chi connectivity index (χ0v) is 14.9. The number of hydrogen-bond acceptors (Lipinski definition) is 6. The molecule has 2 aromatic heterocycles. The Labute approximate surface area is 149 Å². The monoisotopic (exact) mass is 361 g/mol. The van der Waals surface area contributed by atoms with Gasteiger partial charge in [-0.3, -0.25) is 9.69 Å². The molecule has 0 aliphatic carbocycles. The molecule has 1 unspecified atom stereocenters. The lowest BCUT2D eigenvalue weighted by molar-refractivity contribution is -0.117. The third-order valence-electron chi connectivity index (χ3n) is 3.85. The predicted molar refractivity (Wildman–Crippen MR) is 96.2 cm³/mol. The Balaban J connectivity index is 1.61. The SMILES string of the molecule is N#Cc1ccsc1NC(=O)CN(Cc1cccs1)CC1CCCO1. The maximum atomic E-state index is 12.4. The molecule has 3 rings (SSSR count). The number of nitrogens with one attached hydrogen (secondary N) is 1. The lowest BCUT2D eigenvalue weighted by atomic mass is 10.2. The van der Waals surface area contributed by atoms with Crippen molar-refractivity contribution in [1.82, 2.24) is 4.90 Å². The quantitative estimate of drug-likeness (QED) is 0.822. The van der Waals surface area contributed by atoms with Crippen molar-refractivity contribution in [2.75, 3.05) is 25.0 Å². The zero-order chi connectivity index (χ0) is 16.8. The first-order valence-corrected chi connectivity index (χ1v) is 9.64. The first-order chi connectivity index (χ1) is 11.7. The largest absolute Gasteiger partial charge is 0.377 e. The van der Waals surface area contributed by atoms with Gasteiger partial charge in [0.25, 0.3) is 0 Å². The third-order valence-corrected chi connectivity index (χ3v) is 5.54. The van der Waals surface area contributed by atoms with Crippen molar-refractivity contribution in [3.8, 4) is 6.07 Å². The van der Waals surface area contributed by atoms with Crippen molar-refractivity contribution >= 4 is 33.6 Å². The molecule has 1 saturated heterocycles. The molecule has 1 atom stereocenters. The molecular formula is C17H19N3O2S2. The van der Waals surface area contributed by atoms with Crippen LogP contribution in [-0.4, -0.2) is 36.6 Å². The number of amides is 1. The van der Waals surface area contributed by atoms with Gasteiger partial charge in [0.2, 0.25) is 5.91 Å². The standard InChI is InChI=1S/C17H19N3O2S2/c18-9-13-5-8-24-17(13)19-16(21)12-20(10-14-3-1-6-22-14)11-15-4-2-7-23-15/h2,4-5,7-8,14H,1,3,6,10-12H2,(H,19,21). The molecule has 0 bridgehead atoms. The first kappa shape index (κ1) is 17.1. The van der Waals surface area contributed by atoms with Crippen LogP contribution in [0, 0.1) is 11.3 Å². The second-order valence-corrected chi connectivity index (χ2v) is 7.66. The number of rotatable bonds is 7. The van der Waals surface area contributed by atoms with Crippen molar-refractivity contribution in [3.63, 3.8) is 0 Å². The minimum atomic E-state index is -0.0940. The van der Waals surface area contributed by atoms with Gasteiger partial charge in [0.05, 0.1) is 18.2 Å². The summed E-state index contributed by atoms with van der Waals surface area (Å²) in [7, 11) is 0. The van der Waals surface area contributed by atoms with Gasteiger partial charge >= 0.3 is 0 Å². The zero-order valence-electron chi connectivity index (χ0n) is 13.2. The lowest BCUT2D eigenvalue weighted by Crippen LogP contribution is -2.37. The summed E-state index contributed by atoms with van der Waals surface area (Å²) in [5.74, 6) is -0.0940. The maximum absolute atomic E-state index is 12.4. The van der Waals surface area contributed by atoms with E-state index >= 15 is 0 Å². The average molecular weight is 361 g/mol. The predicted octanol–water partition coefficient (Wildman–Crippen LogP) is 3.30. The molecule has 0 radical (unpaired) electrons. The summed E-state index contributed by atoms with van der Waals surface area (Å²) < 4.78 is 5.72. The Morgan fingerprint density at radius 3 is 3.04 bits per heavy atom. The summed E-state index contributed by atoms with van der Waals surface area (Å²) in [6, 6.07) is 7.92. The molecule has 24 heavy (non-hydrogen) atoms. The van der Waals surface area contributed by atoms with E-state index < -0.39 is 0 Å². The van der Waals surface area contributed by atoms with Crippen LogP contribution in [0.5, 0.6) is 0 Å². The maximum Gasteiger partial charge on any atom is 0.239 e. The van der Waals surface area contributed by atoms with Gasteiger partial charge in [-0.05, 0) is 35.7 Å². The number of thiophene rings is 2. The molecule has 126 valence electrons. The van der Waals surface area contributed by atoms with Crippen LogP contribution >= 0.6 is 22.7 Å². The van der Waals surface area contributed by atoms with Crippen LogP contribution in [0.3, 0.4) is 0 Å². The van der Waals surface area contributed by atoms with Gasteiger partial charge in [0, 0.05) is 24.6 Å². The van der Waals surface area contributed by atoms with Crippen molar-refractivity contribution in [3.05, 3.63) is 39.4 Å². The molecular weight excluding hydrogens is 342 g/mol. The topological polar surface area (TPSA) is 65.4 Å². The van der Waals surface area contributed by atoms with Crippen molar-refractivity contribution in [2.24, 2.45) is 0 Å². The summed E-state index contributed by atoms with van der Waals surface area (Å²) in [4.78, 5) is 15.8. The molecule has 0 spiro atoms. The Hall–Kier alpha value is -1.72. The average Bonchev–Trinajstić information content (AvgIpc) is 3.29. The van der Waals surface area contributed by atoms with Crippen LogP contribution in [0.1, 0.15) is 23.3 Å². The Morgan fingerprint density at radius 1 is 1.42 bits per heavy atom. The first-order valence-electron chi connectivity index (χ1n) is 7.88. The summed E-state index contributed by atoms with van der Waals surface area (Å²) >= 11 is 3.06. The van der Waals surface area contributed by atoms with Gasteiger partial charge in [-0.15, -0.1) is 22.7 Å². The van der Waals surface area contributed by atoms with Crippen LogP contribution in [0.2, 0.25) is 0 Å². The van der Waals surface area contributed by atoms with Crippen LogP contribution in [0.15, 0.2) is 29.0 Å². The second-order valence-electron chi connectivity index (χ2n) is 5.71. The fourth-order valence-corrected chi connectivity index (χ4v) is 4.25. The Kier molecular flexibility index (Phi) is 5.99. The minimum absolute atomic E-state index is 0.0940. The van der Waals surface area contributed by atoms with E-state index in [4.69, 9.17) is 10.00 Å². The van der Waals surface area contributed by atoms with E-state index in [1.807, 2.05) is 16.8 Å². The number of nitrogens with zero attached hydrogens (tertiary/aromatic N) is 2. The number of carbonyl (C=O) groups excluding carboxylic acids is 1. The van der Waals surface area contributed by atoms with E-state index in [-0.39, 0.29) is 12.0 Å². The van der Waals surface area contributed by atoms with E-state index in [2.05, 4.69) is 22.4 Å². The second kappa shape index (κ2) is 8.40. The van der Waals surface area contributed by atoms with E-state index in [1.54, 1.807) is 17.4 Å². The molecule has 0 aromatic carbocycles. The highest BCUT2D eigenvalue weighted by atomic mass is 32.1. The highest BCUT2D eigenvalue weighted by Gasteiger charge is 2.21. The number of carbonyl (C=O) groups is 1. The molecule has 1 aliphatic heterocycles. The number of nitriles is 1. The smallest absolute Gasteiger partial charge is 0.239 e. The number of ether oxygens (including phenoxy) is 1. The summed E-state index contributed by atoms with van der Waals surface area (Å²) in [5, 5.41) is 16.4. The van der Waals surface area contributed by atoms with Gasteiger partial charge in [0.1, 0.15) is 11.1 Å². The van der Waals surface area contributed by atoms with E-state index in [0.29, 0.717) is 17.1 Å². The van der Waals surface area contributed by atoms with Crippen LogP contribution in [-0.2, 0) is 16.1 Å². The molecule has 7 heteroatoms. The lowest BCUT2D eigenvalue weighted by Gasteiger charge is -2.24. The van der Waals surface area contributed by atoms with Crippen molar-refractivity contribution in [1.29, 1.82) is 5.26 Å². The van der Waals surface area contributed by atoms with Crippen LogP contribution in [0.25, 0.3) is 0 Å². The molecule has 1 aliphatic rings. The fraction of sp³-hybridized carbons (Fsp3) is 0.412. The Bertz CT molecular complexity index is 700. The summed E-state index contributed by atoms with van der Waals surface area (Å²) in [6.45, 7) is 2.59. The van der Waals surface area contributed by atoms with Gasteiger partial charge in [-0.2, -0.15) is 5.26 Å². The molecule has 1 amide bonds. The summed E-state index contributed by atoms with van der Waals surface area (Å²) in [6.07, 6.45) is 2.34. The number of anilines is 1. The van der Waals surface area contributed by atoms with E-state index in [9.17, 15) is 4.79 Å². The molecule has 3 heterocycles. The minimum Gasteiger partial charge on any atom is -0.377 e. The van der Waals surface area contributed by atoms with Gasteiger partial charge in [-0.25, -0.2) is 0 Å². The molecule has 5 nitrogen and oxygen atoms in total. The highest BCUT2D eigenvalue weighted by molar-refractivity contribution is 7.14. The number of hydrogen-bond donors (Lipinski definition) is 1. The van der Waals surface area contributed by atoms with E-state index in [0.717, 1.165) is 32.5 Å². The van der Waals surface area contributed by atoms with Crippen molar-refractivity contribution in [2.45, 2.75) is 25.5 Å². The molecule has 1 fully saturated rings. The van der Waals surface area contributed by atoms with Crippen LogP contribution in [0.4, 0.5) is 5.00 Å². The fourth-order valence-electron chi connectivity index (χ4n) is 2.75. The Morgan fingerprint density at radius 2 is 2.33 bits per heavy atom. The van der Waals surface area contributed by atoms with E-state index in [1.165, 1.54) is 16.2 Å². The van der Waals surface area contributed by atoms with Crippen molar-refractivity contribution < 1.29 is 9.53 Å². The summed E-state index contributed by atoms with van der Waals surface area (Å²) in [5.41, 5.74) is 0.511. The van der Waals surface area contributed by atoms with Gasteiger partial charge < -0.3 is 10.1 Å².